The molecular formula is C12H16ClN5. The number of hydrogen-bond acceptors (Lipinski definition) is 4. The van der Waals surface area contributed by atoms with Crippen molar-refractivity contribution in [1.82, 2.24) is 19.9 Å². The van der Waals surface area contributed by atoms with Crippen molar-refractivity contribution in [3.8, 4) is 0 Å². The standard InChI is InChI=1S/C12H16ClN5/c13-9-3-4-11-16-12(17-18(11)8-9)15-7-5-10-2-1-6-14-10/h3-4,8,10,14H,1-2,5-7H2,(H,15,17)/t10-/m0/s1. The molecule has 1 saturated heterocycles. The summed E-state index contributed by atoms with van der Waals surface area (Å²) in [6, 6.07) is 4.32. The second-order valence-electron chi connectivity index (χ2n) is 4.59. The minimum atomic E-state index is 0.643. The van der Waals surface area contributed by atoms with Gasteiger partial charge in [-0.25, -0.2) is 4.52 Å². The van der Waals surface area contributed by atoms with Crippen LogP contribution >= 0.6 is 11.6 Å². The molecule has 2 N–H and O–H groups in total. The Kier molecular flexibility index (Phi) is 3.34. The number of hydrogen-bond donors (Lipinski definition) is 2. The Morgan fingerprint density at radius 1 is 1.50 bits per heavy atom. The predicted octanol–water partition coefficient (Wildman–Crippen LogP) is 1.94. The fourth-order valence-corrected chi connectivity index (χ4v) is 2.45. The topological polar surface area (TPSA) is 54.2 Å². The van der Waals surface area contributed by atoms with E-state index in [9.17, 15) is 0 Å². The van der Waals surface area contributed by atoms with Crippen molar-refractivity contribution < 1.29 is 0 Å². The van der Waals surface area contributed by atoms with E-state index in [2.05, 4.69) is 20.7 Å². The van der Waals surface area contributed by atoms with Gasteiger partial charge in [-0.2, -0.15) is 4.98 Å². The Hall–Kier alpha value is -1.33. The Morgan fingerprint density at radius 2 is 2.44 bits per heavy atom. The first-order valence-corrected chi connectivity index (χ1v) is 6.68. The maximum atomic E-state index is 5.90. The molecule has 1 aliphatic rings. The summed E-state index contributed by atoms with van der Waals surface area (Å²) in [6.07, 6.45) is 5.43. The van der Waals surface area contributed by atoms with E-state index in [0.717, 1.165) is 25.2 Å². The highest BCUT2D eigenvalue weighted by atomic mass is 35.5. The van der Waals surface area contributed by atoms with Crippen molar-refractivity contribution in [3.63, 3.8) is 0 Å². The minimum absolute atomic E-state index is 0.643. The molecule has 3 rings (SSSR count). The van der Waals surface area contributed by atoms with Crippen LogP contribution in [0.3, 0.4) is 0 Å². The molecule has 3 heterocycles. The maximum Gasteiger partial charge on any atom is 0.243 e. The first kappa shape index (κ1) is 11.7. The van der Waals surface area contributed by atoms with Crippen LogP contribution in [0.15, 0.2) is 18.3 Å². The summed E-state index contributed by atoms with van der Waals surface area (Å²) < 4.78 is 1.69. The molecular weight excluding hydrogens is 250 g/mol. The highest BCUT2D eigenvalue weighted by molar-refractivity contribution is 6.30. The number of aromatic nitrogens is 3. The summed E-state index contributed by atoms with van der Waals surface area (Å²) in [5, 5.41) is 11.7. The summed E-state index contributed by atoms with van der Waals surface area (Å²) in [5.74, 6) is 0.662. The number of rotatable bonds is 4. The van der Waals surface area contributed by atoms with Crippen LogP contribution in [0, 0.1) is 0 Å². The lowest BCUT2D eigenvalue weighted by Crippen LogP contribution is -2.24. The van der Waals surface area contributed by atoms with Gasteiger partial charge < -0.3 is 10.6 Å². The molecule has 0 amide bonds. The third-order valence-electron chi connectivity index (χ3n) is 3.23. The van der Waals surface area contributed by atoms with Crippen molar-refractivity contribution in [3.05, 3.63) is 23.4 Å². The average molecular weight is 266 g/mol. The number of nitrogens with one attached hydrogen (secondary N) is 2. The Labute approximate surface area is 111 Å². The number of nitrogens with zero attached hydrogens (tertiary/aromatic N) is 3. The predicted molar refractivity (Wildman–Crippen MR) is 72.1 cm³/mol. The van der Waals surface area contributed by atoms with Crippen LogP contribution in [0.25, 0.3) is 5.65 Å². The van der Waals surface area contributed by atoms with Gasteiger partial charge in [0.05, 0.1) is 5.02 Å². The zero-order chi connectivity index (χ0) is 12.4. The lowest BCUT2D eigenvalue weighted by Gasteiger charge is -2.09. The molecule has 5 nitrogen and oxygen atoms in total. The third-order valence-corrected chi connectivity index (χ3v) is 3.46. The van der Waals surface area contributed by atoms with E-state index in [-0.39, 0.29) is 0 Å². The van der Waals surface area contributed by atoms with E-state index >= 15 is 0 Å². The molecule has 6 heteroatoms. The fourth-order valence-electron chi connectivity index (χ4n) is 2.29. The number of fused-ring (bicyclic) bond motifs is 1. The molecule has 1 fully saturated rings. The molecule has 0 saturated carbocycles. The van der Waals surface area contributed by atoms with E-state index in [1.165, 1.54) is 12.8 Å². The van der Waals surface area contributed by atoms with Crippen LogP contribution in [-0.4, -0.2) is 33.7 Å². The summed E-state index contributed by atoms with van der Waals surface area (Å²) in [6.45, 7) is 2.04. The van der Waals surface area contributed by atoms with Crippen LogP contribution in [0.1, 0.15) is 19.3 Å². The second kappa shape index (κ2) is 5.12. The van der Waals surface area contributed by atoms with Crippen LogP contribution in [0.5, 0.6) is 0 Å². The number of anilines is 1. The second-order valence-corrected chi connectivity index (χ2v) is 5.03. The quantitative estimate of drug-likeness (QED) is 0.887. The summed E-state index contributed by atoms with van der Waals surface area (Å²) >= 11 is 5.90. The van der Waals surface area contributed by atoms with Gasteiger partial charge in [0, 0.05) is 18.8 Å². The van der Waals surface area contributed by atoms with Gasteiger partial charge in [0.1, 0.15) is 0 Å². The third kappa shape index (κ3) is 2.57. The summed E-state index contributed by atoms with van der Waals surface area (Å²) in [7, 11) is 0. The Balaban J connectivity index is 1.60. The van der Waals surface area contributed by atoms with Crippen molar-refractivity contribution >= 4 is 23.2 Å². The van der Waals surface area contributed by atoms with Crippen molar-refractivity contribution in [2.24, 2.45) is 0 Å². The van der Waals surface area contributed by atoms with Gasteiger partial charge >= 0.3 is 0 Å². The molecule has 1 atom stereocenters. The average Bonchev–Trinajstić information content (AvgIpc) is 2.97. The van der Waals surface area contributed by atoms with E-state index in [4.69, 9.17) is 11.6 Å². The van der Waals surface area contributed by atoms with Gasteiger partial charge in [-0.15, -0.1) is 5.10 Å². The molecule has 1 aliphatic heterocycles. The number of halogens is 1. The molecule has 18 heavy (non-hydrogen) atoms. The molecule has 0 spiro atoms. The van der Waals surface area contributed by atoms with Gasteiger partial charge in [-0.05, 0) is 37.9 Å². The van der Waals surface area contributed by atoms with E-state index < -0.39 is 0 Å². The minimum Gasteiger partial charge on any atom is -0.353 e. The normalized spacial score (nSPS) is 19.5. The largest absolute Gasteiger partial charge is 0.353 e. The molecule has 96 valence electrons. The monoisotopic (exact) mass is 265 g/mol. The van der Waals surface area contributed by atoms with Crippen LogP contribution < -0.4 is 10.6 Å². The van der Waals surface area contributed by atoms with Crippen LogP contribution in [-0.2, 0) is 0 Å². The molecule has 2 aromatic rings. The van der Waals surface area contributed by atoms with Gasteiger partial charge in [0.2, 0.25) is 5.95 Å². The van der Waals surface area contributed by atoms with Crippen molar-refractivity contribution in [2.45, 2.75) is 25.3 Å². The Bertz CT molecular complexity index is 532. The van der Waals surface area contributed by atoms with Crippen LogP contribution in [0.4, 0.5) is 5.95 Å². The van der Waals surface area contributed by atoms with Crippen molar-refractivity contribution in [2.75, 3.05) is 18.4 Å². The van der Waals surface area contributed by atoms with Gasteiger partial charge in [-0.3, -0.25) is 0 Å². The zero-order valence-corrected chi connectivity index (χ0v) is 10.8. The lowest BCUT2D eigenvalue weighted by atomic mass is 10.2. The van der Waals surface area contributed by atoms with E-state index in [1.54, 1.807) is 10.7 Å². The Morgan fingerprint density at radius 3 is 3.28 bits per heavy atom. The summed E-state index contributed by atoms with van der Waals surface area (Å²) in [5.41, 5.74) is 0.806. The summed E-state index contributed by atoms with van der Waals surface area (Å²) in [4.78, 5) is 4.38. The maximum absolute atomic E-state index is 5.90. The molecule has 0 unspecified atom stereocenters. The first-order chi connectivity index (χ1) is 8.81. The fraction of sp³-hybridized carbons (Fsp3) is 0.500. The molecule has 2 aromatic heterocycles. The number of pyridine rings is 1. The van der Waals surface area contributed by atoms with Crippen LogP contribution in [0.2, 0.25) is 5.02 Å². The van der Waals surface area contributed by atoms with Gasteiger partial charge in [0.25, 0.3) is 0 Å². The molecule has 0 aliphatic carbocycles. The molecule has 0 bridgehead atoms. The van der Waals surface area contributed by atoms with Crippen molar-refractivity contribution in [1.29, 1.82) is 0 Å². The SMILES string of the molecule is Clc1ccc2nc(NCC[C@@H]3CCCN3)nn2c1. The zero-order valence-electron chi connectivity index (χ0n) is 10.1. The molecule has 0 aromatic carbocycles. The van der Waals surface area contributed by atoms with E-state index in [1.807, 2.05) is 12.1 Å². The smallest absolute Gasteiger partial charge is 0.243 e. The highest BCUT2D eigenvalue weighted by Gasteiger charge is 2.13. The lowest BCUT2D eigenvalue weighted by molar-refractivity contribution is 0.573. The van der Waals surface area contributed by atoms with Gasteiger partial charge in [0.15, 0.2) is 5.65 Å². The van der Waals surface area contributed by atoms with Gasteiger partial charge in [-0.1, -0.05) is 11.6 Å². The highest BCUT2D eigenvalue weighted by Crippen LogP contribution is 2.12. The van der Waals surface area contributed by atoms with E-state index in [0.29, 0.717) is 17.0 Å². The molecule has 0 radical (unpaired) electrons. The first-order valence-electron chi connectivity index (χ1n) is 6.30.